The van der Waals surface area contributed by atoms with Crippen LogP contribution in [0.1, 0.15) is 64.1 Å². The number of nitrogens with zero attached hydrogens (tertiary/aromatic N) is 4. The molecule has 1 aliphatic heterocycles. The number of H-pyrrole nitrogens is 1. The van der Waals surface area contributed by atoms with Gasteiger partial charge in [0, 0.05) is 31.2 Å². The van der Waals surface area contributed by atoms with Crippen LogP contribution in [-0.2, 0) is 17.6 Å². The van der Waals surface area contributed by atoms with Crippen LogP contribution in [-0.4, -0.2) is 50.3 Å². The molecule has 2 heterocycles. The van der Waals surface area contributed by atoms with Crippen LogP contribution < -0.4 is 0 Å². The minimum atomic E-state index is 0.0585. The Morgan fingerprint density at radius 2 is 2.06 bits per heavy atom. The van der Waals surface area contributed by atoms with Gasteiger partial charge in [-0.3, -0.25) is 4.79 Å². The van der Waals surface area contributed by atoms with E-state index in [1.807, 2.05) is 42.2 Å². The van der Waals surface area contributed by atoms with Gasteiger partial charge in [-0.25, -0.2) is 0 Å². The zero-order valence-electron chi connectivity index (χ0n) is 20.3. The topological polar surface area (TPSA) is 94.9 Å². The Morgan fingerprint density at radius 1 is 1.29 bits per heavy atom. The Bertz CT molecular complexity index is 1230. The third-order valence-electron chi connectivity index (χ3n) is 6.70. The molecule has 0 bridgehead atoms. The minimum absolute atomic E-state index is 0.0585. The smallest absolute Gasteiger partial charge is 0.255 e. The number of piperidine rings is 1. The van der Waals surface area contributed by atoms with Crippen LogP contribution >= 0.6 is 22.6 Å². The molecule has 1 saturated heterocycles. The predicted octanol–water partition coefficient (Wildman–Crippen LogP) is 5.18. The van der Waals surface area contributed by atoms with Crippen LogP contribution in [0.2, 0.25) is 0 Å². The lowest BCUT2D eigenvalue weighted by Gasteiger charge is -2.37. The number of carbonyl (C=O) groups is 1. The lowest BCUT2D eigenvalue weighted by Crippen LogP contribution is -2.42. The number of benzene rings is 2. The van der Waals surface area contributed by atoms with E-state index in [0.29, 0.717) is 42.4 Å². The summed E-state index contributed by atoms with van der Waals surface area (Å²) in [5.41, 5.74) is 5.66. The summed E-state index contributed by atoms with van der Waals surface area (Å²) >= 11 is 2.39. The average Bonchev–Trinajstić information content (AvgIpc) is 3.35. The number of ether oxygens (including phenoxy) is 1. The number of aromatic nitrogens is 3. The summed E-state index contributed by atoms with van der Waals surface area (Å²) in [6.07, 6.45) is 3.29. The molecule has 1 aromatic heterocycles. The minimum Gasteiger partial charge on any atom is -0.384 e. The van der Waals surface area contributed by atoms with Crippen LogP contribution in [0.25, 0.3) is 11.4 Å². The number of halogens is 1. The fourth-order valence-electron chi connectivity index (χ4n) is 4.67. The van der Waals surface area contributed by atoms with E-state index in [4.69, 9.17) is 10.00 Å². The number of methoxy groups -OCH3 is 1. The number of aromatic amines is 1. The largest absolute Gasteiger partial charge is 0.384 e. The van der Waals surface area contributed by atoms with E-state index in [9.17, 15) is 4.79 Å². The van der Waals surface area contributed by atoms with Gasteiger partial charge in [0.2, 0.25) is 0 Å². The van der Waals surface area contributed by atoms with E-state index in [0.717, 1.165) is 41.8 Å². The van der Waals surface area contributed by atoms with Gasteiger partial charge in [0.15, 0.2) is 5.82 Å². The van der Waals surface area contributed by atoms with E-state index in [-0.39, 0.29) is 9.96 Å². The third kappa shape index (κ3) is 5.57. The highest BCUT2D eigenvalue weighted by atomic mass is 127. The Labute approximate surface area is 220 Å². The van der Waals surface area contributed by atoms with Crippen molar-refractivity contribution in [1.82, 2.24) is 20.1 Å². The standard InChI is InChI=1S/C27H30IN5O2/c1-4-19-13-17(2)22(15-23(19)26-30-25(31-32-26)10-12-35-3)27(34)33-11-9-21(14-24(33)28)20-7-5-18(16-29)6-8-20/h5-8,13,15,21,24H,4,9-12,14H2,1-3H3,(H,30,31,32). The van der Waals surface area contributed by atoms with Gasteiger partial charge in [-0.2, -0.15) is 5.26 Å². The Morgan fingerprint density at radius 3 is 2.71 bits per heavy atom. The van der Waals surface area contributed by atoms with Gasteiger partial charge in [0.05, 0.1) is 22.3 Å². The zero-order chi connectivity index (χ0) is 24.9. The highest BCUT2D eigenvalue weighted by Crippen LogP contribution is 2.36. The van der Waals surface area contributed by atoms with Crippen LogP contribution in [0.4, 0.5) is 0 Å². The van der Waals surface area contributed by atoms with Gasteiger partial charge in [-0.1, -0.05) is 47.7 Å². The van der Waals surface area contributed by atoms with E-state index in [1.165, 1.54) is 5.56 Å². The van der Waals surface area contributed by atoms with Crippen molar-refractivity contribution in [3.05, 3.63) is 70.0 Å². The Kier molecular flexibility index (Phi) is 8.19. The van der Waals surface area contributed by atoms with Crippen molar-refractivity contribution in [2.75, 3.05) is 20.3 Å². The molecular formula is C27H30IN5O2. The van der Waals surface area contributed by atoms with Gasteiger partial charge >= 0.3 is 0 Å². The summed E-state index contributed by atoms with van der Waals surface area (Å²) < 4.78 is 5.24. The summed E-state index contributed by atoms with van der Waals surface area (Å²) in [5, 5.41) is 17.7. The lowest BCUT2D eigenvalue weighted by atomic mass is 9.88. The highest BCUT2D eigenvalue weighted by molar-refractivity contribution is 14.1. The molecule has 0 saturated carbocycles. The quantitative estimate of drug-likeness (QED) is 0.235. The van der Waals surface area contributed by atoms with Crippen molar-refractivity contribution in [2.45, 2.75) is 49.5 Å². The second kappa shape index (κ2) is 11.3. The number of nitrogens with one attached hydrogen (secondary N) is 1. The molecule has 1 fully saturated rings. The lowest BCUT2D eigenvalue weighted by molar-refractivity contribution is 0.0697. The molecule has 1 amide bonds. The summed E-state index contributed by atoms with van der Waals surface area (Å²) in [4.78, 5) is 19.0. The molecule has 1 aliphatic rings. The number of hydrogen-bond acceptors (Lipinski definition) is 5. The molecule has 4 rings (SSSR count). The van der Waals surface area contributed by atoms with Crippen molar-refractivity contribution in [1.29, 1.82) is 5.26 Å². The fraction of sp³-hybridized carbons (Fsp3) is 0.407. The molecule has 1 N–H and O–H groups in total. The zero-order valence-corrected chi connectivity index (χ0v) is 22.5. The third-order valence-corrected chi connectivity index (χ3v) is 7.88. The number of carbonyl (C=O) groups excluding carboxylic acids is 1. The molecule has 0 spiro atoms. The van der Waals surface area contributed by atoms with Gasteiger partial charge in [-0.05, 0) is 67.0 Å². The second-order valence-electron chi connectivity index (χ2n) is 8.93. The molecule has 2 unspecified atom stereocenters. The highest BCUT2D eigenvalue weighted by Gasteiger charge is 2.32. The SMILES string of the molecule is CCc1cc(C)c(C(=O)N2CCC(c3ccc(C#N)cc3)CC2I)cc1-c1nnc(CCOC)[nH]1. The maximum Gasteiger partial charge on any atom is 0.255 e. The van der Waals surface area contributed by atoms with E-state index >= 15 is 0 Å². The number of alkyl halides is 1. The van der Waals surface area contributed by atoms with Crippen LogP contribution in [0.15, 0.2) is 36.4 Å². The first kappa shape index (κ1) is 25.3. The maximum absolute atomic E-state index is 13.7. The maximum atomic E-state index is 13.7. The van der Waals surface area contributed by atoms with Crippen molar-refractivity contribution < 1.29 is 9.53 Å². The fourth-order valence-corrected chi connectivity index (χ4v) is 5.82. The van der Waals surface area contributed by atoms with E-state index in [1.54, 1.807) is 7.11 Å². The van der Waals surface area contributed by atoms with Gasteiger partial charge in [0.1, 0.15) is 5.82 Å². The van der Waals surface area contributed by atoms with Crippen LogP contribution in [0.5, 0.6) is 0 Å². The molecule has 7 nitrogen and oxygen atoms in total. The number of likely N-dealkylation sites (tertiary alicyclic amines) is 1. The Balaban J connectivity index is 1.55. The van der Waals surface area contributed by atoms with E-state index < -0.39 is 0 Å². The average molecular weight is 583 g/mol. The predicted molar refractivity (Wildman–Crippen MR) is 143 cm³/mol. The first-order valence-corrected chi connectivity index (χ1v) is 13.2. The number of aryl methyl sites for hydroxylation is 2. The van der Waals surface area contributed by atoms with Crippen molar-refractivity contribution >= 4 is 28.5 Å². The first-order valence-electron chi connectivity index (χ1n) is 11.9. The molecule has 2 atom stereocenters. The number of nitriles is 1. The second-order valence-corrected chi connectivity index (χ2v) is 10.4. The molecule has 182 valence electrons. The van der Waals surface area contributed by atoms with Crippen LogP contribution in [0, 0.1) is 18.3 Å². The summed E-state index contributed by atoms with van der Waals surface area (Å²) in [6.45, 7) is 5.39. The number of amides is 1. The molecule has 3 aromatic rings. The molecule has 8 heteroatoms. The van der Waals surface area contributed by atoms with Crippen molar-refractivity contribution in [3.63, 3.8) is 0 Å². The molecule has 35 heavy (non-hydrogen) atoms. The normalized spacial score (nSPS) is 17.9. The summed E-state index contributed by atoms with van der Waals surface area (Å²) in [5.74, 6) is 1.90. The van der Waals surface area contributed by atoms with Gasteiger partial charge in [-0.15, -0.1) is 10.2 Å². The number of rotatable bonds is 7. The summed E-state index contributed by atoms with van der Waals surface area (Å²) in [7, 11) is 1.66. The molecule has 2 aromatic carbocycles. The molecular weight excluding hydrogens is 553 g/mol. The summed E-state index contributed by atoms with van der Waals surface area (Å²) in [6, 6.07) is 14.1. The van der Waals surface area contributed by atoms with Crippen molar-refractivity contribution in [3.8, 4) is 17.5 Å². The van der Waals surface area contributed by atoms with Crippen LogP contribution in [0.3, 0.4) is 0 Å². The monoisotopic (exact) mass is 583 g/mol. The van der Waals surface area contributed by atoms with Gasteiger partial charge < -0.3 is 14.6 Å². The van der Waals surface area contributed by atoms with Crippen molar-refractivity contribution in [2.24, 2.45) is 0 Å². The first-order chi connectivity index (χ1) is 16.9. The van der Waals surface area contributed by atoms with Gasteiger partial charge in [0.25, 0.3) is 5.91 Å². The van der Waals surface area contributed by atoms with E-state index in [2.05, 4.69) is 56.8 Å². The molecule has 0 radical (unpaired) electrons. The molecule has 0 aliphatic carbocycles. The number of hydrogen-bond donors (Lipinski definition) is 1. The Hall–Kier alpha value is -2.77.